The highest BCUT2D eigenvalue weighted by Gasteiger charge is 2.24. The maximum Gasteiger partial charge on any atom is 0.227 e. The summed E-state index contributed by atoms with van der Waals surface area (Å²) in [5.74, 6) is 0.293. The van der Waals surface area contributed by atoms with E-state index < -0.39 is 0 Å². The molecule has 0 saturated carbocycles. The first-order chi connectivity index (χ1) is 11.7. The van der Waals surface area contributed by atoms with Gasteiger partial charge in [0.15, 0.2) is 0 Å². The van der Waals surface area contributed by atoms with Crippen molar-refractivity contribution < 1.29 is 4.79 Å². The van der Waals surface area contributed by atoms with Gasteiger partial charge < -0.3 is 5.32 Å². The van der Waals surface area contributed by atoms with Gasteiger partial charge in [-0.3, -0.25) is 9.69 Å². The summed E-state index contributed by atoms with van der Waals surface area (Å²) in [7, 11) is 0. The minimum absolute atomic E-state index is 0.128. The van der Waals surface area contributed by atoms with E-state index in [9.17, 15) is 4.79 Å². The number of carbonyl (C=O) groups excluding carboxylic acids is 1. The van der Waals surface area contributed by atoms with E-state index in [1.54, 1.807) is 0 Å². The molecule has 1 saturated heterocycles. The number of nitrogens with one attached hydrogen (secondary N) is 1. The maximum absolute atomic E-state index is 12.5. The molecule has 0 aromatic heterocycles. The van der Waals surface area contributed by atoms with Crippen molar-refractivity contribution in [2.24, 2.45) is 5.92 Å². The zero-order valence-corrected chi connectivity index (χ0v) is 14.4. The molecule has 3 nitrogen and oxygen atoms in total. The fourth-order valence-corrected chi connectivity index (χ4v) is 3.26. The molecule has 0 bridgehead atoms. The van der Waals surface area contributed by atoms with Crippen LogP contribution in [0.4, 0.5) is 5.69 Å². The first-order valence-corrected chi connectivity index (χ1v) is 8.90. The molecule has 0 unspecified atom stereocenters. The van der Waals surface area contributed by atoms with Crippen LogP contribution in [0.3, 0.4) is 0 Å². The molecule has 1 amide bonds. The Morgan fingerprint density at radius 1 is 1.00 bits per heavy atom. The fraction of sp³-hybridized carbons (Fsp3) is 0.381. The minimum Gasteiger partial charge on any atom is -0.326 e. The molecule has 0 spiro atoms. The Hall–Kier alpha value is -2.13. The number of anilines is 1. The second-order valence-electron chi connectivity index (χ2n) is 6.58. The highest BCUT2D eigenvalue weighted by atomic mass is 16.1. The zero-order valence-electron chi connectivity index (χ0n) is 14.4. The van der Waals surface area contributed by atoms with Crippen molar-refractivity contribution >= 4 is 11.6 Å². The van der Waals surface area contributed by atoms with Gasteiger partial charge in [-0.25, -0.2) is 0 Å². The topological polar surface area (TPSA) is 32.3 Å². The van der Waals surface area contributed by atoms with Crippen molar-refractivity contribution in [1.82, 2.24) is 4.90 Å². The van der Waals surface area contributed by atoms with Crippen LogP contribution >= 0.6 is 0 Å². The second kappa shape index (κ2) is 8.11. The normalized spacial score (nSPS) is 16.0. The molecular formula is C21H26N2O. The summed E-state index contributed by atoms with van der Waals surface area (Å²) >= 11 is 0. The molecule has 126 valence electrons. The van der Waals surface area contributed by atoms with E-state index in [0.717, 1.165) is 44.6 Å². The summed E-state index contributed by atoms with van der Waals surface area (Å²) in [5, 5.41) is 3.07. The van der Waals surface area contributed by atoms with Crippen LogP contribution in [0.1, 0.15) is 30.9 Å². The SMILES string of the molecule is CCc1ccc(NC(=O)C2CCN(Cc3ccccc3)CC2)cc1. The molecule has 1 aliphatic heterocycles. The number of piperidine rings is 1. The molecule has 0 aliphatic carbocycles. The Kier molecular flexibility index (Phi) is 5.65. The van der Waals surface area contributed by atoms with E-state index in [2.05, 4.69) is 53.5 Å². The van der Waals surface area contributed by atoms with Gasteiger partial charge in [-0.15, -0.1) is 0 Å². The van der Waals surface area contributed by atoms with Gasteiger partial charge in [0.1, 0.15) is 0 Å². The standard InChI is InChI=1S/C21H26N2O/c1-2-17-8-10-20(11-9-17)22-21(24)19-12-14-23(15-13-19)16-18-6-4-3-5-7-18/h3-11,19H,2,12-16H2,1H3,(H,22,24). The van der Waals surface area contributed by atoms with E-state index in [-0.39, 0.29) is 11.8 Å². The number of hydrogen-bond donors (Lipinski definition) is 1. The lowest BCUT2D eigenvalue weighted by atomic mass is 9.95. The fourth-order valence-electron chi connectivity index (χ4n) is 3.26. The summed E-state index contributed by atoms with van der Waals surface area (Å²) in [4.78, 5) is 14.9. The van der Waals surface area contributed by atoms with Crippen molar-refractivity contribution in [1.29, 1.82) is 0 Å². The van der Waals surface area contributed by atoms with Gasteiger partial charge in [0.2, 0.25) is 5.91 Å². The Labute approximate surface area is 144 Å². The summed E-state index contributed by atoms with van der Waals surface area (Å²) in [5.41, 5.74) is 3.54. The van der Waals surface area contributed by atoms with Crippen LogP contribution in [0.2, 0.25) is 0 Å². The number of hydrogen-bond acceptors (Lipinski definition) is 2. The maximum atomic E-state index is 12.5. The number of carbonyl (C=O) groups is 1. The van der Waals surface area contributed by atoms with Crippen LogP contribution in [0.25, 0.3) is 0 Å². The smallest absolute Gasteiger partial charge is 0.227 e. The third-order valence-corrected chi connectivity index (χ3v) is 4.84. The summed E-state index contributed by atoms with van der Waals surface area (Å²) < 4.78 is 0. The number of amides is 1. The second-order valence-corrected chi connectivity index (χ2v) is 6.58. The molecule has 24 heavy (non-hydrogen) atoms. The molecule has 3 heteroatoms. The van der Waals surface area contributed by atoms with Gasteiger partial charge >= 0.3 is 0 Å². The van der Waals surface area contributed by atoms with Gasteiger partial charge in [0.25, 0.3) is 0 Å². The molecule has 0 radical (unpaired) electrons. The van der Waals surface area contributed by atoms with Crippen LogP contribution in [0, 0.1) is 5.92 Å². The number of nitrogens with zero attached hydrogens (tertiary/aromatic N) is 1. The quantitative estimate of drug-likeness (QED) is 0.899. The lowest BCUT2D eigenvalue weighted by molar-refractivity contribution is -0.121. The molecule has 1 aliphatic rings. The van der Waals surface area contributed by atoms with Gasteiger partial charge in [0.05, 0.1) is 0 Å². The predicted octanol–water partition coefficient (Wildman–Crippen LogP) is 4.10. The summed E-state index contributed by atoms with van der Waals surface area (Å²) in [6.07, 6.45) is 2.89. The Morgan fingerprint density at radius 2 is 1.67 bits per heavy atom. The molecule has 2 aromatic rings. The first kappa shape index (κ1) is 16.7. The van der Waals surface area contributed by atoms with Crippen molar-refractivity contribution in [3.05, 3.63) is 65.7 Å². The minimum atomic E-state index is 0.128. The number of rotatable bonds is 5. The molecule has 1 heterocycles. The number of aryl methyl sites for hydroxylation is 1. The van der Waals surface area contributed by atoms with Crippen molar-refractivity contribution in [3.63, 3.8) is 0 Å². The van der Waals surface area contributed by atoms with Gasteiger partial charge in [-0.2, -0.15) is 0 Å². The summed E-state index contributed by atoms with van der Waals surface area (Å²) in [6, 6.07) is 18.7. The monoisotopic (exact) mass is 322 g/mol. The highest BCUT2D eigenvalue weighted by Crippen LogP contribution is 2.21. The average Bonchev–Trinajstić information content (AvgIpc) is 2.64. The lowest BCUT2D eigenvalue weighted by Crippen LogP contribution is -2.37. The average molecular weight is 322 g/mol. The molecule has 1 N–H and O–H groups in total. The van der Waals surface area contributed by atoms with E-state index in [1.807, 2.05) is 18.2 Å². The third-order valence-electron chi connectivity index (χ3n) is 4.84. The van der Waals surface area contributed by atoms with Crippen LogP contribution in [-0.2, 0) is 17.8 Å². The third kappa shape index (κ3) is 4.45. The summed E-state index contributed by atoms with van der Waals surface area (Å²) in [6.45, 7) is 5.09. The van der Waals surface area contributed by atoms with Crippen LogP contribution in [-0.4, -0.2) is 23.9 Å². The molecule has 2 aromatic carbocycles. The van der Waals surface area contributed by atoms with E-state index >= 15 is 0 Å². The van der Waals surface area contributed by atoms with Crippen molar-refractivity contribution in [2.75, 3.05) is 18.4 Å². The number of benzene rings is 2. The lowest BCUT2D eigenvalue weighted by Gasteiger charge is -2.31. The van der Waals surface area contributed by atoms with Crippen molar-refractivity contribution in [3.8, 4) is 0 Å². The van der Waals surface area contributed by atoms with Crippen LogP contribution < -0.4 is 5.32 Å². The molecule has 0 atom stereocenters. The van der Waals surface area contributed by atoms with E-state index in [4.69, 9.17) is 0 Å². The van der Waals surface area contributed by atoms with Crippen LogP contribution in [0.15, 0.2) is 54.6 Å². The Morgan fingerprint density at radius 3 is 2.29 bits per heavy atom. The van der Waals surface area contributed by atoms with Crippen molar-refractivity contribution in [2.45, 2.75) is 32.7 Å². The van der Waals surface area contributed by atoms with E-state index in [1.165, 1.54) is 11.1 Å². The zero-order chi connectivity index (χ0) is 16.8. The first-order valence-electron chi connectivity index (χ1n) is 8.90. The largest absolute Gasteiger partial charge is 0.326 e. The van der Waals surface area contributed by atoms with Gasteiger partial charge in [-0.1, -0.05) is 49.4 Å². The highest BCUT2D eigenvalue weighted by molar-refractivity contribution is 5.92. The molecular weight excluding hydrogens is 296 g/mol. The Bertz CT molecular complexity index is 643. The number of likely N-dealkylation sites (tertiary alicyclic amines) is 1. The molecule has 3 rings (SSSR count). The van der Waals surface area contributed by atoms with Crippen LogP contribution in [0.5, 0.6) is 0 Å². The van der Waals surface area contributed by atoms with Gasteiger partial charge in [0, 0.05) is 18.2 Å². The van der Waals surface area contributed by atoms with Gasteiger partial charge in [-0.05, 0) is 55.6 Å². The van der Waals surface area contributed by atoms with E-state index in [0.29, 0.717) is 0 Å². The Balaban J connectivity index is 1.47. The molecule has 1 fully saturated rings. The predicted molar refractivity (Wildman–Crippen MR) is 98.9 cm³/mol.